The van der Waals surface area contributed by atoms with E-state index in [1.54, 1.807) is 0 Å². The van der Waals surface area contributed by atoms with Crippen molar-refractivity contribution in [3.8, 4) is 0 Å². The molecule has 68 valence electrons. The number of hydrogen-bond donors (Lipinski definition) is 1. The first-order chi connectivity index (χ1) is 6.19. The molecule has 0 radical (unpaired) electrons. The van der Waals surface area contributed by atoms with Gasteiger partial charge in [0.2, 0.25) is 6.41 Å². The maximum absolute atomic E-state index is 10.1. The minimum Gasteiger partial charge on any atom is -0.326 e. The van der Waals surface area contributed by atoms with E-state index in [0.29, 0.717) is 6.41 Å². The monoisotopic (exact) mass is 218 g/mol. The molecule has 0 saturated heterocycles. The van der Waals surface area contributed by atoms with E-state index in [0.717, 1.165) is 0 Å². The van der Waals surface area contributed by atoms with E-state index in [1.807, 2.05) is 0 Å². The van der Waals surface area contributed by atoms with Crippen molar-refractivity contribution in [1.82, 2.24) is 0 Å². The summed E-state index contributed by atoms with van der Waals surface area (Å²) in [6, 6.07) is 2.62. The fourth-order valence-electron chi connectivity index (χ4n) is 0.809. The van der Waals surface area contributed by atoms with Gasteiger partial charge in [0.25, 0.3) is 0 Å². The first kappa shape index (κ1) is 9.95. The van der Waals surface area contributed by atoms with E-state index in [2.05, 4.69) is 10.5 Å². The van der Waals surface area contributed by atoms with Crippen molar-refractivity contribution in [3.63, 3.8) is 0 Å². The van der Waals surface area contributed by atoms with Gasteiger partial charge in [-0.05, 0) is 17.3 Å². The molecule has 13 heavy (non-hydrogen) atoms. The fraction of sp³-hybridized carbons (Fsp3) is 0. The van der Waals surface area contributed by atoms with Gasteiger partial charge in [0.15, 0.2) is 0 Å². The van der Waals surface area contributed by atoms with Gasteiger partial charge in [0.1, 0.15) is 5.69 Å². The molecule has 6 heteroatoms. The Hall–Kier alpha value is -1.13. The highest BCUT2D eigenvalue weighted by atomic mass is 35.5. The summed E-state index contributed by atoms with van der Waals surface area (Å²) >= 11 is 11.4. The first-order valence-corrected chi connectivity index (χ1v) is 3.97. The van der Waals surface area contributed by atoms with E-state index in [1.165, 1.54) is 12.1 Å². The lowest BCUT2D eigenvalue weighted by atomic mass is 10.3. The summed E-state index contributed by atoms with van der Waals surface area (Å²) in [5.41, 5.74) is 0.386. The number of halogens is 2. The van der Waals surface area contributed by atoms with Crippen LogP contribution in [0.4, 0.5) is 11.4 Å². The van der Waals surface area contributed by atoms with Gasteiger partial charge in [-0.3, -0.25) is 4.79 Å². The van der Waals surface area contributed by atoms with E-state index >= 15 is 0 Å². The second-order valence-electron chi connectivity index (χ2n) is 2.14. The Bertz CT molecular complexity index is 331. The van der Waals surface area contributed by atoms with Crippen LogP contribution in [0.5, 0.6) is 0 Å². The third kappa shape index (κ3) is 2.17. The Kier molecular flexibility index (Phi) is 3.22. The maximum atomic E-state index is 10.1. The molecule has 0 aliphatic carbocycles. The molecule has 1 aromatic carbocycles. The van der Waals surface area contributed by atoms with Crippen LogP contribution < -0.4 is 5.32 Å². The van der Waals surface area contributed by atoms with Crippen molar-refractivity contribution in [2.75, 3.05) is 5.32 Å². The normalized spacial score (nSPS) is 9.38. The number of nitrogens with zero attached hydrogens (tertiary/aromatic N) is 1. The number of carbonyl (C=O) groups is 1. The van der Waals surface area contributed by atoms with Crippen molar-refractivity contribution >= 4 is 41.0 Å². The Morgan fingerprint density at radius 1 is 1.31 bits per heavy atom. The molecule has 1 aromatic rings. The number of carbonyl (C=O) groups excluding carboxylic acids is 1. The third-order valence-corrected chi connectivity index (χ3v) is 1.93. The molecule has 4 nitrogen and oxygen atoms in total. The highest BCUT2D eigenvalue weighted by Gasteiger charge is 2.07. The van der Waals surface area contributed by atoms with Crippen molar-refractivity contribution < 1.29 is 4.79 Å². The Balaban J connectivity index is 3.21. The Morgan fingerprint density at radius 2 is 1.85 bits per heavy atom. The highest BCUT2D eigenvalue weighted by molar-refractivity contribution is 6.39. The average Bonchev–Trinajstić information content (AvgIpc) is 2.11. The molecule has 0 heterocycles. The first-order valence-electron chi connectivity index (χ1n) is 3.21. The molecule has 1 amide bonds. The average molecular weight is 219 g/mol. The van der Waals surface area contributed by atoms with Crippen LogP contribution in [0.3, 0.4) is 0 Å². The zero-order valence-electron chi connectivity index (χ0n) is 6.25. The van der Waals surface area contributed by atoms with E-state index in [4.69, 9.17) is 23.2 Å². The zero-order valence-corrected chi connectivity index (χ0v) is 7.76. The molecule has 0 unspecified atom stereocenters. The maximum Gasteiger partial charge on any atom is 0.211 e. The van der Waals surface area contributed by atoms with Crippen LogP contribution in [0.15, 0.2) is 17.3 Å². The number of nitroso groups, excluding NO2 is 1. The summed E-state index contributed by atoms with van der Waals surface area (Å²) in [6.07, 6.45) is 0.446. The van der Waals surface area contributed by atoms with Crippen molar-refractivity contribution in [1.29, 1.82) is 0 Å². The lowest BCUT2D eigenvalue weighted by molar-refractivity contribution is -0.105. The van der Waals surface area contributed by atoms with Crippen LogP contribution in [-0.2, 0) is 4.79 Å². The van der Waals surface area contributed by atoms with Gasteiger partial charge >= 0.3 is 0 Å². The number of hydrogen-bond acceptors (Lipinski definition) is 3. The van der Waals surface area contributed by atoms with Gasteiger partial charge in [0.05, 0.1) is 15.7 Å². The summed E-state index contributed by atoms with van der Waals surface area (Å²) < 4.78 is 0. The molecule has 0 bridgehead atoms. The number of amides is 1. The molecular weight excluding hydrogens is 215 g/mol. The number of anilines is 1. The minimum atomic E-state index is 0.117. The van der Waals surface area contributed by atoms with Gasteiger partial charge in [-0.15, -0.1) is 4.91 Å². The second-order valence-corrected chi connectivity index (χ2v) is 2.95. The third-order valence-electron chi connectivity index (χ3n) is 1.34. The molecule has 0 saturated carbocycles. The molecule has 0 aliphatic rings. The van der Waals surface area contributed by atoms with Crippen LogP contribution in [-0.4, -0.2) is 6.41 Å². The molecule has 0 atom stereocenters. The summed E-state index contributed by atoms with van der Waals surface area (Å²) in [7, 11) is 0. The van der Waals surface area contributed by atoms with Gasteiger partial charge in [-0.25, -0.2) is 0 Å². The molecule has 1 N–H and O–H groups in total. The molecule has 0 fully saturated rings. The smallest absolute Gasteiger partial charge is 0.211 e. The lowest BCUT2D eigenvalue weighted by Gasteiger charge is -2.04. The number of nitrogens with one attached hydrogen (secondary N) is 1. The van der Waals surface area contributed by atoms with Crippen molar-refractivity contribution in [2.24, 2.45) is 5.18 Å². The van der Waals surface area contributed by atoms with Gasteiger partial charge < -0.3 is 5.32 Å². The van der Waals surface area contributed by atoms with Crippen molar-refractivity contribution in [2.45, 2.75) is 0 Å². The van der Waals surface area contributed by atoms with Gasteiger partial charge in [-0.2, -0.15) is 0 Å². The largest absolute Gasteiger partial charge is 0.326 e. The van der Waals surface area contributed by atoms with Crippen LogP contribution >= 0.6 is 23.2 Å². The van der Waals surface area contributed by atoms with Gasteiger partial charge in [0, 0.05) is 0 Å². The fourth-order valence-corrected chi connectivity index (χ4v) is 1.39. The molecule has 0 aromatic heterocycles. The van der Waals surface area contributed by atoms with Crippen LogP contribution in [0.2, 0.25) is 10.0 Å². The topological polar surface area (TPSA) is 58.5 Å². The number of rotatable bonds is 3. The summed E-state index contributed by atoms with van der Waals surface area (Å²) in [5, 5.41) is 5.32. The van der Waals surface area contributed by atoms with Crippen LogP contribution in [0.25, 0.3) is 0 Å². The predicted molar refractivity (Wildman–Crippen MR) is 51.6 cm³/mol. The van der Waals surface area contributed by atoms with E-state index in [-0.39, 0.29) is 21.4 Å². The minimum absolute atomic E-state index is 0.117. The van der Waals surface area contributed by atoms with Crippen molar-refractivity contribution in [3.05, 3.63) is 27.1 Å². The summed E-state index contributed by atoms with van der Waals surface area (Å²) in [4.78, 5) is 20.2. The molecule has 0 aliphatic heterocycles. The molecule has 1 rings (SSSR count). The predicted octanol–water partition coefficient (Wildman–Crippen LogP) is 2.96. The number of benzene rings is 1. The van der Waals surface area contributed by atoms with Crippen LogP contribution in [0, 0.1) is 4.91 Å². The molecule has 0 spiro atoms. The highest BCUT2D eigenvalue weighted by Crippen LogP contribution is 2.34. The van der Waals surface area contributed by atoms with Gasteiger partial charge in [-0.1, -0.05) is 23.2 Å². The summed E-state index contributed by atoms with van der Waals surface area (Å²) in [5.74, 6) is 0. The lowest BCUT2D eigenvalue weighted by Crippen LogP contribution is -1.95. The molecular formula is C7H4Cl2N2O2. The quantitative estimate of drug-likeness (QED) is 0.627. The van der Waals surface area contributed by atoms with E-state index in [9.17, 15) is 9.70 Å². The SMILES string of the molecule is O=CNc1c(Cl)cc(N=O)cc1Cl. The summed E-state index contributed by atoms with van der Waals surface area (Å²) in [6.45, 7) is 0. The standard InChI is InChI=1S/C7H4Cl2N2O2/c8-5-1-4(11-13)2-6(9)7(5)10-3-12/h1-3H,(H,10,12). The zero-order chi connectivity index (χ0) is 9.84. The second kappa shape index (κ2) is 4.20. The van der Waals surface area contributed by atoms with E-state index < -0.39 is 0 Å². The Morgan fingerprint density at radius 3 is 2.23 bits per heavy atom. The Labute approximate surface area is 83.8 Å². The van der Waals surface area contributed by atoms with Crippen LogP contribution in [0.1, 0.15) is 0 Å².